The minimum Gasteiger partial charge on any atom is -0.309 e. The minimum absolute atomic E-state index is 0.308. The Morgan fingerprint density at radius 3 is 2.84 bits per heavy atom. The van der Waals surface area contributed by atoms with Crippen LogP contribution in [0.25, 0.3) is 0 Å². The number of rotatable bonds is 3. The lowest BCUT2D eigenvalue weighted by Crippen LogP contribution is -2.49. The Balaban J connectivity index is 2.14. The molecule has 0 saturated carbocycles. The van der Waals surface area contributed by atoms with E-state index in [9.17, 15) is 13.2 Å². The number of aromatic nitrogens is 2. The first kappa shape index (κ1) is 14.0. The van der Waals surface area contributed by atoms with Gasteiger partial charge in [0.2, 0.25) is 15.9 Å². The second-order valence-corrected chi connectivity index (χ2v) is 6.74. The monoisotopic (exact) mass is 286 g/mol. The van der Waals surface area contributed by atoms with Crippen molar-refractivity contribution in [1.82, 2.24) is 14.5 Å². The third kappa shape index (κ3) is 3.13. The highest BCUT2D eigenvalue weighted by molar-refractivity contribution is 7.88. The van der Waals surface area contributed by atoms with Gasteiger partial charge in [-0.25, -0.2) is 8.42 Å². The van der Waals surface area contributed by atoms with Gasteiger partial charge in [-0.3, -0.25) is 9.89 Å². The summed E-state index contributed by atoms with van der Waals surface area (Å²) in [6.45, 7) is 2.22. The number of piperidine rings is 1. The number of H-pyrrole nitrogens is 1. The Kier molecular flexibility index (Phi) is 3.91. The van der Waals surface area contributed by atoms with Crippen molar-refractivity contribution in [1.29, 1.82) is 0 Å². The molecular weight excluding hydrogens is 268 g/mol. The fourth-order valence-corrected chi connectivity index (χ4v) is 3.37. The van der Waals surface area contributed by atoms with Gasteiger partial charge in [0.05, 0.1) is 12.5 Å². The average Bonchev–Trinajstić information content (AvgIpc) is 2.74. The molecule has 1 aliphatic rings. The molecule has 1 fully saturated rings. The molecule has 2 N–H and O–H groups in total. The molecule has 2 rings (SSSR count). The highest BCUT2D eigenvalue weighted by Crippen LogP contribution is 2.21. The average molecular weight is 286 g/mol. The van der Waals surface area contributed by atoms with Crippen LogP contribution in [0.15, 0.2) is 6.20 Å². The van der Waals surface area contributed by atoms with Crippen molar-refractivity contribution in [2.24, 2.45) is 0 Å². The van der Waals surface area contributed by atoms with Crippen molar-refractivity contribution in [2.45, 2.75) is 32.2 Å². The number of sulfonamides is 1. The Labute approximate surface area is 112 Å². The molecule has 0 bridgehead atoms. The van der Waals surface area contributed by atoms with Gasteiger partial charge in [0.15, 0.2) is 0 Å². The van der Waals surface area contributed by atoms with E-state index in [0.29, 0.717) is 18.8 Å². The number of anilines is 1. The minimum atomic E-state index is -3.36. The van der Waals surface area contributed by atoms with E-state index in [1.165, 1.54) is 4.31 Å². The number of nitrogens with zero attached hydrogens (tertiary/aromatic N) is 2. The molecule has 1 aliphatic heterocycles. The van der Waals surface area contributed by atoms with E-state index < -0.39 is 16.1 Å². The van der Waals surface area contributed by atoms with Gasteiger partial charge in [-0.05, 0) is 19.8 Å². The first-order valence-corrected chi connectivity index (χ1v) is 8.02. The number of aromatic amines is 1. The van der Waals surface area contributed by atoms with Crippen LogP contribution < -0.4 is 5.32 Å². The predicted molar refractivity (Wildman–Crippen MR) is 71.1 cm³/mol. The lowest BCUT2D eigenvalue weighted by atomic mass is 10.0. The van der Waals surface area contributed by atoms with Crippen molar-refractivity contribution in [3.63, 3.8) is 0 Å². The van der Waals surface area contributed by atoms with Gasteiger partial charge in [0.1, 0.15) is 11.9 Å². The summed E-state index contributed by atoms with van der Waals surface area (Å²) < 4.78 is 24.7. The highest BCUT2D eigenvalue weighted by Gasteiger charge is 2.34. The third-order valence-electron chi connectivity index (χ3n) is 3.26. The molecule has 8 heteroatoms. The maximum atomic E-state index is 12.2. The number of amides is 1. The highest BCUT2D eigenvalue weighted by atomic mass is 32.2. The number of aryl methyl sites for hydroxylation is 1. The van der Waals surface area contributed by atoms with Gasteiger partial charge in [-0.1, -0.05) is 6.42 Å². The molecule has 0 spiro atoms. The quantitative estimate of drug-likeness (QED) is 0.844. The van der Waals surface area contributed by atoms with E-state index in [1.807, 2.05) is 6.92 Å². The lowest BCUT2D eigenvalue weighted by Gasteiger charge is -2.32. The van der Waals surface area contributed by atoms with Crippen LogP contribution in [0.4, 0.5) is 5.82 Å². The summed E-state index contributed by atoms with van der Waals surface area (Å²) in [5, 5.41) is 9.19. The van der Waals surface area contributed by atoms with E-state index in [0.717, 1.165) is 24.7 Å². The summed E-state index contributed by atoms with van der Waals surface area (Å²) in [7, 11) is -3.36. The molecule has 1 amide bonds. The SMILES string of the molecule is Cc1cn[nH]c1NC(=O)C1CCCCN1S(C)(=O)=O. The molecule has 1 aromatic rings. The van der Waals surface area contributed by atoms with Crippen molar-refractivity contribution in [3.05, 3.63) is 11.8 Å². The second kappa shape index (κ2) is 5.30. The zero-order valence-electron chi connectivity index (χ0n) is 11.0. The van der Waals surface area contributed by atoms with E-state index >= 15 is 0 Å². The van der Waals surface area contributed by atoms with Gasteiger partial charge in [-0.2, -0.15) is 9.40 Å². The molecule has 2 heterocycles. The third-order valence-corrected chi connectivity index (χ3v) is 4.55. The number of carbonyl (C=O) groups is 1. The molecule has 1 unspecified atom stereocenters. The number of hydrogen-bond acceptors (Lipinski definition) is 4. The van der Waals surface area contributed by atoms with Gasteiger partial charge in [-0.15, -0.1) is 0 Å². The topological polar surface area (TPSA) is 95.2 Å². The van der Waals surface area contributed by atoms with Crippen LogP contribution in [0.5, 0.6) is 0 Å². The van der Waals surface area contributed by atoms with E-state index in [1.54, 1.807) is 6.20 Å². The molecule has 0 aromatic carbocycles. The summed E-state index contributed by atoms with van der Waals surface area (Å²) in [5.74, 6) is 0.210. The number of hydrogen-bond donors (Lipinski definition) is 2. The first-order valence-electron chi connectivity index (χ1n) is 6.17. The lowest BCUT2D eigenvalue weighted by molar-refractivity contribution is -0.120. The zero-order valence-corrected chi connectivity index (χ0v) is 11.8. The van der Waals surface area contributed by atoms with Crippen molar-refractivity contribution in [3.8, 4) is 0 Å². The standard InChI is InChI=1S/C11H18N4O3S/c1-8-7-12-14-10(8)13-11(16)9-5-3-4-6-15(9)19(2,17)18/h7,9H,3-6H2,1-2H3,(H2,12,13,14,16). The molecule has 0 radical (unpaired) electrons. The fraction of sp³-hybridized carbons (Fsp3) is 0.636. The Hall–Kier alpha value is -1.41. The number of carbonyl (C=O) groups excluding carboxylic acids is 1. The summed E-state index contributed by atoms with van der Waals surface area (Å²) in [6, 6.07) is -0.633. The van der Waals surface area contributed by atoms with Crippen LogP contribution >= 0.6 is 0 Å². The maximum absolute atomic E-state index is 12.2. The van der Waals surface area contributed by atoms with Gasteiger partial charge < -0.3 is 5.32 Å². The van der Waals surface area contributed by atoms with E-state index in [2.05, 4.69) is 15.5 Å². The summed E-state index contributed by atoms with van der Waals surface area (Å²) in [4.78, 5) is 12.2. The molecule has 19 heavy (non-hydrogen) atoms. The van der Waals surface area contributed by atoms with E-state index in [-0.39, 0.29) is 5.91 Å². The largest absolute Gasteiger partial charge is 0.309 e. The van der Waals surface area contributed by atoms with Crippen molar-refractivity contribution < 1.29 is 13.2 Å². The summed E-state index contributed by atoms with van der Waals surface area (Å²) in [6.07, 6.45) is 4.93. The van der Waals surface area contributed by atoms with Gasteiger partial charge in [0, 0.05) is 12.1 Å². The Morgan fingerprint density at radius 1 is 1.53 bits per heavy atom. The maximum Gasteiger partial charge on any atom is 0.243 e. The fourth-order valence-electron chi connectivity index (χ4n) is 2.24. The van der Waals surface area contributed by atoms with Crippen LogP contribution in [0, 0.1) is 6.92 Å². The molecule has 1 saturated heterocycles. The zero-order chi connectivity index (χ0) is 14.0. The summed E-state index contributed by atoms with van der Waals surface area (Å²) in [5.41, 5.74) is 0.815. The van der Waals surface area contributed by atoms with Crippen molar-refractivity contribution in [2.75, 3.05) is 18.1 Å². The van der Waals surface area contributed by atoms with Gasteiger partial charge in [0.25, 0.3) is 0 Å². The van der Waals surface area contributed by atoms with Crippen LogP contribution in [0.3, 0.4) is 0 Å². The molecule has 0 aliphatic carbocycles. The first-order chi connectivity index (χ1) is 8.89. The number of nitrogens with one attached hydrogen (secondary N) is 2. The van der Waals surface area contributed by atoms with E-state index in [4.69, 9.17) is 0 Å². The second-order valence-electron chi connectivity index (χ2n) is 4.80. The Morgan fingerprint density at radius 2 is 2.26 bits per heavy atom. The predicted octanol–water partition coefficient (Wildman–Crippen LogP) is 0.471. The van der Waals surface area contributed by atoms with Gasteiger partial charge >= 0.3 is 0 Å². The normalized spacial score (nSPS) is 21.3. The van der Waals surface area contributed by atoms with Crippen LogP contribution in [0.1, 0.15) is 24.8 Å². The van der Waals surface area contributed by atoms with Crippen LogP contribution in [-0.4, -0.2) is 47.7 Å². The smallest absolute Gasteiger partial charge is 0.243 e. The molecule has 7 nitrogen and oxygen atoms in total. The van der Waals surface area contributed by atoms with Crippen LogP contribution in [-0.2, 0) is 14.8 Å². The molecular formula is C11H18N4O3S. The summed E-state index contributed by atoms with van der Waals surface area (Å²) >= 11 is 0. The Bertz CT molecular complexity index is 566. The van der Waals surface area contributed by atoms with Crippen molar-refractivity contribution >= 4 is 21.7 Å². The molecule has 1 aromatic heterocycles. The van der Waals surface area contributed by atoms with Crippen LogP contribution in [0.2, 0.25) is 0 Å². The molecule has 106 valence electrons. The molecule has 1 atom stereocenters.